The summed E-state index contributed by atoms with van der Waals surface area (Å²) in [4.78, 5) is 23.0. The molecule has 1 aromatic carbocycles. The number of nitrogens with zero attached hydrogens (tertiary/aromatic N) is 3. The Morgan fingerprint density at radius 1 is 1.23 bits per heavy atom. The lowest BCUT2D eigenvalue weighted by Gasteiger charge is -2.06. The number of aromatic nitrogens is 1. The third-order valence-electron chi connectivity index (χ3n) is 3.03. The van der Waals surface area contributed by atoms with E-state index in [1.54, 1.807) is 31.4 Å². The van der Waals surface area contributed by atoms with Gasteiger partial charge in [-0.3, -0.25) is 9.69 Å². The molecule has 22 heavy (non-hydrogen) atoms. The van der Waals surface area contributed by atoms with Gasteiger partial charge < -0.3 is 0 Å². The van der Waals surface area contributed by atoms with Crippen LogP contribution in [0.1, 0.15) is 5.56 Å². The van der Waals surface area contributed by atoms with Crippen LogP contribution in [-0.2, 0) is 4.79 Å². The molecular formula is C16H12ClN3OS. The average molecular weight is 330 g/mol. The van der Waals surface area contributed by atoms with Crippen molar-refractivity contribution in [1.82, 2.24) is 9.88 Å². The van der Waals surface area contributed by atoms with Crippen LogP contribution in [0.25, 0.3) is 6.08 Å². The van der Waals surface area contributed by atoms with Crippen LogP contribution in [0.5, 0.6) is 0 Å². The van der Waals surface area contributed by atoms with Crippen molar-refractivity contribution in [1.29, 1.82) is 0 Å². The van der Waals surface area contributed by atoms with E-state index >= 15 is 0 Å². The molecule has 1 aromatic heterocycles. The van der Waals surface area contributed by atoms with Gasteiger partial charge in [0, 0.05) is 18.3 Å². The van der Waals surface area contributed by atoms with E-state index < -0.39 is 0 Å². The molecule has 0 aliphatic carbocycles. The molecule has 2 aromatic rings. The van der Waals surface area contributed by atoms with Gasteiger partial charge in [-0.1, -0.05) is 29.8 Å². The number of rotatable bonds is 2. The fraction of sp³-hybridized carbons (Fsp3) is 0.0625. The molecule has 3 rings (SSSR count). The monoisotopic (exact) mass is 329 g/mol. The topological polar surface area (TPSA) is 45.6 Å². The molecule has 0 radical (unpaired) electrons. The summed E-state index contributed by atoms with van der Waals surface area (Å²) in [6.45, 7) is 0. The van der Waals surface area contributed by atoms with Crippen molar-refractivity contribution in [2.45, 2.75) is 0 Å². The minimum absolute atomic E-state index is 0.0744. The summed E-state index contributed by atoms with van der Waals surface area (Å²) in [6.07, 6.45) is 3.51. The fourth-order valence-corrected chi connectivity index (χ4v) is 2.98. The Bertz CT molecular complexity index is 757. The molecule has 4 nitrogen and oxygen atoms in total. The maximum Gasteiger partial charge on any atom is 0.266 e. The average Bonchev–Trinajstić information content (AvgIpc) is 2.79. The Balaban J connectivity index is 1.88. The second-order valence-corrected chi connectivity index (χ2v) is 6.05. The van der Waals surface area contributed by atoms with Gasteiger partial charge in [0.05, 0.1) is 4.91 Å². The number of amides is 1. The highest BCUT2D eigenvalue weighted by Crippen LogP contribution is 2.32. The third-order valence-corrected chi connectivity index (χ3v) is 4.34. The molecule has 1 amide bonds. The van der Waals surface area contributed by atoms with Crippen molar-refractivity contribution in [3.05, 3.63) is 64.2 Å². The number of carbonyl (C=O) groups excluding carboxylic acids is 1. The zero-order valence-electron chi connectivity index (χ0n) is 11.7. The first-order valence-corrected chi connectivity index (χ1v) is 7.76. The summed E-state index contributed by atoms with van der Waals surface area (Å²) >= 11 is 7.20. The predicted octanol–water partition coefficient (Wildman–Crippen LogP) is 3.97. The Morgan fingerprint density at radius 3 is 2.68 bits per heavy atom. The van der Waals surface area contributed by atoms with Crippen molar-refractivity contribution in [3.8, 4) is 0 Å². The zero-order chi connectivity index (χ0) is 15.5. The van der Waals surface area contributed by atoms with Gasteiger partial charge in [-0.05, 0) is 47.7 Å². The third kappa shape index (κ3) is 3.21. The van der Waals surface area contributed by atoms with E-state index in [-0.39, 0.29) is 5.91 Å². The van der Waals surface area contributed by atoms with Gasteiger partial charge in [0.1, 0.15) is 0 Å². The molecule has 0 bridgehead atoms. The van der Waals surface area contributed by atoms with E-state index in [2.05, 4.69) is 9.98 Å². The molecule has 1 fully saturated rings. The number of benzene rings is 1. The van der Waals surface area contributed by atoms with Gasteiger partial charge in [0.25, 0.3) is 5.91 Å². The summed E-state index contributed by atoms with van der Waals surface area (Å²) in [7, 11) is 1.71. The molecular weight excluding hydrogens is 318 g/mol. The lowest BCUT2D eigenvalue weighted by Crippen LogP contribution is -2.23. The lowest BCUT2D eigenvalue weighted by molar-refractivity contribution is -0.121. The standard InChI is InChI=1S/C16H12ClN3OS/c1-20-15(21)13(10-11-5-7-12(17)8-6-11)22-16(20)19-14-4-2-3-9-18-14/h2-10H,1H3/b13-10-,19-16+. The second kappa shape index (κ2) is 6.34. The van der Waals surface area contributed by atoms with Gasteiger partial charge in [0.15, 0.2) is 11.0 Å². The van der Waals surface area contributed by atoms with Gasteiger partial charge in [0.2, 0.25) is 0 Å². The first-order valence-electron chi connectivity index (χ1n) is 6.56. The van der Waals surface area contributed by atoms with Crippen LogP contribution in [-0.4, -0.2) is 28.0 Å². The molecule has 1 aliphatic heterocycles. The SMILES string of the molecule is CN1C(=O)/C(=C/c2ccc(Cl)cc2)S/C1=N/c1ccccn1. The van der Waals surface area contributed by atoms with Crippen molar-refractivity contribution < 1.29 is 4.79 Å². The van der Waals surface area contributed by atoms with E-state index in [1.807, 2.05) is 30.3 Å². The molecule has 6 heteroatoms. The number of aliphatic imine (C=N–C) groups is 1. The van der Waals surface area contributed by atoms with Crippen molar-refractivity contribution in [2.24, 2.45) is 4.99 Å². The van der Waals surface area contributed by atoms with Crippen LogP contribution in [0.3, 0.4) is 0 Å². The first-order chi connectivity index (χ1) is 10.6. The minimum Gasteiger partial charge on any atom is -0.289 e. The minimum atomic E-state index is -0.0744. The van der Waals surface area contributed by atoms with Crippen LogP contribution < -0.4 is 0 Å². The summed E-state index contributed by atoms with van der Waals surface area (Å²) in [5, 5.41) is 1.28. The van der Waals surface area contributed by atoms with Crippen molar-refractivity contribution >= 4 is 46.3 Å². The number of hydrogen-bond acceptors (Lipinski definition) is 4. The maximum absolute atomic E-state index is 12.3. The number of hydrogen-bond donors (Lipinski definition) is 0. The van der Waals surface area contributed by atoms with Crippen LogP contribution in [0.4, 0.5) is 5.82 Å². The molecule has 110 valence electrons. The lowest BCUT2D eigenvalue weighted by atomic mass is 10.2. The Kier molecular flexibility index (Phi) is 4.27. The number of amidine groups is 1. The van der Waals surface area contributed by atoms with Gasteiger partial charge in [-0.25, -0.2) is 9.98 Å². The Morgan fingerprint density at radius 2 is 2.00 bits per heavy atom. The largest absolute Gasteiger partial charge is 0.289 e. The van der Waals surface area contributed by atoms with E-state index in [9.17, 15) is 4.79 Å². The van der Waals surface area contributed by atoms with E-state index in [0.29, 0.717) is 20.9 Å². The number of pyridine rings is 1. The molecule has 2 heterocycles. The van der Waals surface area contributed by atoms with E-state index in [1.165, 1.54) is 16.7 Å². The number of halogens is 1. The normalized spacial score (nSPS) is 18.5. The highest BCUT2D eigenvalue weighted by atomic mass is 35.5. The summed E-state index contributed by atoms with van der Waals surface area (Å²) < 4.78 is 0. The molecule has 0 unspecified atom stereocenters. The first kappa shape index (κ1) is 14.8. The van der Waals surface area contributed by atoms with Crippen LogP contribution >= 0.6 is 23.4 Å². The van der Waals surface area contributed by atoms with Gasteiger partial charge >= 0.3 is 0 Å². The highest BCUT2D eigenvalue weighted by molar-refractivity contribution is 8.18. The Labute approximate surface area is 137 Å². The van der Waals surface area contributed by atoms with E-state index in [0.717, 1.165) is 5.56 Å². The molecule has 0 saturated carbocycles. The molecule has 1 saturated heterocycles. The Hall–Kier alpha value is -2.11. The highest BCUT2D eigenvalue weighted by Gasteiger charge is 2.30. The summed E-state index contributed by atoms with van der Waals surface area (Å²) in [5.41, 5.74) is 0.924. The van der Waals surface area contributed by atoms with Crippen molar-refractivity contribution in [2.75, 3.05) is 7.05 Å². The van der Waals surface area contributed by atoms with Crippen molar-refractivity contribution in [3.63, 3.8) is 0 Å². The van der Waals surface area contributed by atoms with Gasteiger partial charge in [-0.15, -0.1) is 0 Å². The number of likely N-dealkylation sites (N-methyl/N-ethyl adjacent to an activating group) is 1. The van der Waals surface area contributed by atoms with Crippen LogP contribution in [0, 0.1) is 0 Å². The van der Waals surface area contributed by atoms with Gasteiger partial charge in [-0.2, -0.15) is 0 Å². The molecule has 0 spiro atoms. The van der Waals surface area contributed by atoms with E-state index in [4.69, 9.17) is 11.6 Å². The zero-order valence-corrected chi connectivity index (χ0v) is 13.3. The number of thioether (sulfide) groups is 1. The summed E-state index contributed by atoms with van der Waals surface area (Å²) in [5.74, 6) is 0.507. The fourth-order valence-electron chi connectivity index (χ4n) is 1.88. The maximum atomic E-state index is 12.3. The molecule has 0 N–H and O–H groups in total. The van der Waals surface area contributed by atoms with Crippen LogP contribution in [0.2, 0.25) is 5.02 Å². The predicted molar refractivity (Wildman–Crippen MR) is 91.1 cm³/mol. The smallest absolute Gasteiger partial charge is 0.266 e. The summed E-state index contributed by atoms with van der Waals surface area (Å²) in [6, 6.07) is 12.8. The quantitative estimate of drug-likeness (QED) is 0.783. The second-order valence-electron chi connectivity index (χ2n) is 4.61. The number of carbonyl (C=O) groups is 1. The molecule has 0 atom stereocenters. The van der Waals surface area contributed by atoms with Crippen LogP contribution in [0.15, 0.2) is 58.6 Å². The molecule has 1 aliphatic rings.